The number of amides is 1. The van der Waals surface area contributed by atoms with Gasteiger partial charge in [0.1, 0.15) is 11.8 Å². The van der Waals surface area contributed by atoms with E-state index in [9.17, 15) is 24.3 Å². The lowest BCUT2D eigenvalue weighted by molar-refractivity contribution is -0.145. The van der Waals surface area contributed by atoms with Crippen molar-refractivity contribution in [3.05, 3.63) is 73.9 Å². The van der Waals surface area contributed by atoms with Crippen LogP contribution in [0.5, 0.6) is 5.75 Å². The maximum absolute atomic E-state index is 12.9. The number of aromatic nitrogens is 4. The molecule has 36 heavy (non-hydrogen) atoms. The summed E-state index contributed by atoms with van der Waals surface area (Å²) in [6.07, 6.45) is 0.0967. The number of rotatable bonds is 7. The molecule has 1 amide bonds. The molecule has 11 nitrogen and oxygen atoms in total. The summed E-state index contributed by atoms with van der Waals surface area (Å²) in [7, 11) is 1.23. The van der Waals surface area contributed by atoms with Gasteiger partial charge in [0, 0.05) is 19.4 Å². The van der Waals surface area contributed by atoms with Gasteiger partial charge in [-0.15, -0.1) is 0 Å². The molecule has 0 radical (unpaired) electrons. The lowest BCUT2D eigenvalue weighted by atomic mass is 10.1. The number of carbonyl (C=O) groups excluding carboxylic acids is 2. The van der Waals surface area contributed by atoms with Crippen LogP contribution in [0.1, 0.15) is 23.1 Å². The average Bonchev–Trinajstić information content (AvgIpc) is 2.83. The average molecular weight is 492 g/mol. The van der Waals surface area contributed by atoms with Gasteiger partial charge in [-0.2, -0.15) is 4.98 Å². The number of aromatic hydroxyl groups is 1. The fourth-order valence-corrected chi connectivity index (χ4v) is 3.96. The molecule has 3 N–H and O–H groups in total. The quantitative estimate of drug-likeness (QED) is 0.257. The first-order valence-corrected chi connectivity index (χ1v) is 11.2. The van der Waals surface area contributed by atoms with E-state index in [4.69, 9.17) is 4.74 Å². The number of benzene rings is 2. The fourth-order valence-electron chi connectivity index (χ4n) is 3.96. The maximum Gasteiger partial charge on any atom is 0.349 e. The van der Waals surface area contributed by atoms with Gasteiger partial charge >= 0.3 is 11.7 Å². The van der Waals surface area contributed by atoms with Crippen molar-refractivity contribution < 1.29 is 19.4 Å². The van der Waals surface area contributed by atoms with E-state index >= 15 is 0 Å². The Hall–Kier alpha value is -4.54. The minimum Gasteiger partial charge on any atom is -0.508 e. The molecule has 186 valence electrons. The highest BCUT2D eigenvalue weighted by atomic mass is 16.5. The van der Waals surface area contributed by atoms with E-state index in [0.717, 1.165) is 16.7 Å². The van der Waals surface area contributed by atoms with E-state index in [1.54, 1.807) is 16.7 Å². The number of esters is 1. The Kier molecular flexibility index (Phi) is 6.82. The summed E-state index contributed by atoms with van der Waals surface area (Å²) in [5.41, 5.74) is 2.32. The number of aryl methyl sites for hydroxylation is 3. The number of H-pyrrole nitrogens is 1. The first-order chi connectivity index (χ1) is 17.2. The minimum absolute atomic E-state index is 0.00877. The summed E-state index contributed by atoms with van der Waals surface area (Å²) in [6, 6.07) is 9.03. The monoisotopic (exact) mass is 491 g/mol. The van der Waals surface area contributed by atoms with Gasteiger partial charge in [0.05, 0.1) is 18.1 Å². The van der Waals surface area contributed by atoms with Crippen LogP contribution in [-0.4, -0.2) is 49.7 Å². The van der Waals surface area contributed by atoms with E-state index in [1.807, 2.05) is 26.0 Å². The first-order valence-electron chi connectivity index (χ1n) is 11.2. The highest BCUT2D eigenvalue weighted by molar-refractivity contribution is 5.85. The Morgan fingerprint density at radius 3 is 2.50 bits per heavy atom. The summed E-state index contributed by atoms with van der Waals surface area (Å²) < 4.78 is 6.46. The molecule has 0 aromatic heterocycles. The molecule has 1 unspecified atom stereocenters. The molecule has 11 heteroatoms. The molecule has 0 fully saturated rings. The molecule has 4 rings (SSSR count). The smallest absolute Gasteiger partial charge is 0.349 e. The van der Waals surface area contributed by atoms with Crippen molar-refractivity contribution in [3.8, 4) is 17.3 Å². The van der Waals surface area contributed by atoms with Gasteiger partial charge in [0.25, 0.3) is 5.56 Å². The van der Waals surface area contributed by atoms with Crippen LogP contribution < -0.4 is 16.6 Å². The summed E-state index contributed by atoms with van der Waals surface area (Å²) in [4.78, 5) is 60.0. The van der Waals surface area contributed by atoms with Crippen molar-refractivity contribution in [2.75, 3.05) is 7.11 Å². The molecule has 2 heterocycles. The van der Waals surface area contributed by atoms with Gasteiger partial charge in [-0.3, -0.25) is 14.6 Å². The Morgan fingerprint density at radius 2 is 1.81 bits per heavy atom. The van der Waals surface area contributed by atoms with Crippen molar-refractivity contribution in [2.24, 2.45) is 0 Å². The van der Waals surface area contributed by atoms with Gasteiger partial charge in [0.15, 0.2) is 11.5 Å². The van der Waals surface area contributed by atoms with Crippen molar-refractivity contribution >= 4 is 22.9 Å². The second kappa shape index (κ2) is 9.98. The zero-order chi connectivity index (χ0) is 26.0. The zero-order valence-corrected chi connectivity index (χ0v) is 20.0. The molecule has 0 spiro atoms. The molecular weight excluding hydrogens is 466 g/mol. The van der Waals surface area contributed by atoms with Crippen LogP contribution in [0.3, 0.4) is 0 Å². The van der Waals surface area contributed by atoms with E-state index in [0.29, 0.717) is 11.0 Å². The third kappa shape index (κ3) is 5.09. The van der Waals surface area contributed by atoms with Gasteiger partial charge in [0.2, 0.25) is 5.91 Å². The second-order valence-electron chi connectivity index (χ2n) is 8.50. The van der Waals surface area contributed by atoms with E-state index in [-0.39, 0.29) is 36.7 Å². The SMILES string of the molecule is COC(=O)C(Cc1ccc(O)cc1)NC(=O)CCn1c2nc(=O)[nH]c(=O)c-2nc2cc(C)c(C)cc21. The van der Waals surface area contributed by atoms with E-state index < -0.39 is 29.2 Å². The van der Waals surface area contributed by atoms with Gasteiger partial charge in [-0.05, 0) is 54.8 Å². The number of ether oxygens (including phenoxy) is 1. The molecule has 2 aromatic rings. The van der Waals surface area contributed by atoms with Crippen molar-refractivity contribution in [2.45, 2.75) is 39.3 Å². The van der Waals surface area contributed by atoms with Gasteiger partial charge in [-0.1, -0.05) is 12.1 Å². The number of methoxy groups -OCH3 is 1. The maximum atomic E-state index is 12.9. The number of phenolic OH excluding ortho intramolecular Hbond substituents is 1. The lowest BCUT2D eigenvalue weighted by Crippen LogP contribution is -2.43. The number of hydrogen-bond acceptors (Lipinski definition) is 8. The Morgan fingerprint density at radius 1 is 1.11 bits per heavy atom. The predicted molar refractivity (Wildman–Crippen MR) is 131 cm³/mol. The van der Waals surface area contributed by atoms with Crippen LogP contribution in [0, 0.1) is 13.8 Å². The number of carbonyl (C=O) groups is 2. The van der Waals surface area contributed by atoms with Gasteiger partial charge < -0.3 is 19.7 Å². The number of phenols is 1. The summed E-state index contributed by atoms with van der Waals surface area (Å²) >= 11 is 0. The topological polar surface area (TPSA) is 156 Å². The summed E-state index contributed by atoms with van der Waals surface area (Å²) in [5.74, 6) is -0.892. The second-order valence-corrected chi connectivity index (χ2v) is 8.50. The number of nitrogens with zero attached hydrogens (tertiary/aromatic N) is 3. The Labute approximate surface area is 205 Å². The van der Waals surface area contributed by atoms with E-state index in [2.05, 4.69) is 20.3 Å². The van der Waals surface area contributed by atoms with Crippen LogP contribution in [0.2, 0.25) is 0 Å². The number of aromatic amines is 1. The predicted octanol–water partition coefficient (Wildman–Crippen LogP) is 1.20. The van der Waals surface area contributed by atoms with Crippen LogP contribution in [0.15, 0.2) is 46.0 Å². The largest absolute Gasteiger partial charge is 0.508 e. The molecule has 0 saturated heterocycles. The Bertz CT molecular complexity index is 1540. The molecule has 2 aliphatic heterocycles. The molecule has 0 aliphatic carbocycles. The number of hydrogen-bond donors (Lipinski definition) is 3. The van der Waals surface area contributed by atoms with Crippen LogP contribution >= 0.6 is 0 Å². The lowest BCUT2D eigenvalue weighted by Gasteiger charge is -2.19. The third-order valence-electron chi connectivity index (χ3n) is 5.98. The third-order valence-corrected chi connectivity index (χ3v) is 5.98. The summed E-state index contributed by atoms with van der Waals surface area (Å²) in [6.45, 7) is 3.92. The van der Waals surface area contributed by atoms with Crippen LogP contribution in [0.25, 0.3) is 22.6 Å². The van der Waals surface area contributed by atoms with E-state index in [1.165, 1.54) is 19.2 Å². The highest BCUT2D eigenvalue weighted by Gasteiger charge is 2.23. The highest BCUT2D eigenvalue weighted by Crippen LogP contribution is 2.24. The van der Waals surface area contributed by atoms with Gasteiger partial charge in [-0.25, -0.2) is 14.6 Å². The minimum atomic E-state index is -0.943. The molecule has 1 atom stereocenters. The number of nitrogens with one attached hydrogen (secondary N) is 2. The molecule has 0 bridgehead atoms. The molecule has 2 aromatic carbocycles. The normalized spacial score (nSPS) is 12.0. The van der Waals surface area contributed by atoms with Crippen LogP contribution in [0.4, 0.5) is 0 Å². The Balaban J connectivity index is 1.63. The molecular formula is C25H25N5O6. The van der Waals surface area contributed by atoms with Crippen molar-refractivity contribution in [1.29, 1.82) is 0 Å². The molecule has 0 saturated carbocycles. The van der Waals surface area contributed by atoms with Crippen LogP contribution in [-0.2, 0) is 27.3 Å². The molecule has 2 aliphatic rings. The standard InChI is InChI=1S/C25H25N5O6/c1-13-10-17-19(11-14(13)2)30(22-21(27-17)23(33)29-25(35)28-22)9-8-20(32)26-18(24(34)36-3)12-15-4-6-16(31)7-5-15/h4-7,10-11,18,31H,8-9,12H2,1-3H3,(H,26,32)(H,29,33,35). The number of fused-ring (bicyclic) bond motifs is 2. The van der Waals surface area contributed by atoms with Crippen molar-refractivity contribution in [3.63, 3.8) is 0 Å². The fraction of sp³-hybridized carbons (Fsp3) is 0.280. The summed E-state index contributed by atoms with van der Waals surface area (Å²) in [5, 5.41) is 12.2. The van der Waals surface area contributed by atoms with Crippen molar-refractivity contribution in [1.82, 2.24) is 24.8 Å². The first kappa shape index (κ1) is 24.6. The zero-order valence-electron chi connectivity index (χ0n) is 20.0.